The Balaban J connectivity index is 5.45. The van der Waals surface area contributed by atoms with Gasteiger partial charge in [0.1, 0.15) is 19.3 Å². The molecule has 0 saturated heterocycles. The highest BCUT2D eigenvalue weighted by Crippen LogP contribution is 2.45. The monoisotopic (exact) mass is 1460 g/mol. The van der Waals surface area contributed by atoms with Crippen LogP contribution in [0.4, 0.5) is 0 Å². The van der Waals surface area contributed by atoms with E-state index in [4.69, 9.17) is 37.0 Å². The lowest BCUT2D eigenvalue weighted by atomic mass is 10.1. The molecule has 0 aromatic heterocycles. The number of esters is 4. The van der Waals surface area contributed by atoms with Crippen LogP contribution in [0.5, 0.6) is 0 Å². The summed E-state index contributed by atoms with van der Waals surface area (Å²) in [6, 6.07) is 0. The molecule has 19 heteroatoms. The number of aliphatic hydroxyl groups excluding tert-OH is 1. The Morgan fingerprint density at radius 3 is 0.833 bits per heavy atom. The van der Waals surface area contributed by atoms with Gasteiger partial charge in [-0.1, -0.05) is 256 Å². The number of aliphatic hydroxyl groups is 1. The van der Waals surface area contributed by atoms with E-state index in [1.54, 1.807) is 0 Å². The maximum atomic E-state index is 13.1. The first-order valence-corrected chi connectivity index (χ1v) is 41.4. The number of phosphoric acid groups is 2. The second kappa shape index (κ2) is 73.7. The highest BCUT2D eigenvalue weighted by Gasteiger charge is 2.30. The molecule has 0 spiro atoms. The zero-order chi connectivity index (χ0) is 74.6. The van der Waals surface area contributed by atoms with E-state index in [1.165, 1.54) is 12.8 Å². The topological polar surface area (TPSA) is 237 Å². The first-order valence-electron chi connectivity index (χ1n) is 38.4. The van der Waals surface area contributed by atoms with Gasteiger partial charge >= 0.3 is 39.5 Å². The zero-order valence-electron chi connectivity index (χ0n) is 63.0. The normalized spacial score (nSPS) is 14.9. The van der Waals surface area contributed by atoms with Crippen LogP contribution in [0.15, 0.2) is 170 Å². The van der Waals surface area contributed by atoms with Gasteiger partial charge in [-0.25, -0.2) is 9.13 Å². The van der Waals surface area contributed by atoms with E-state index >= 15 is 0 Å². The van der Waals surface area contributed by atoms with Gasteiger partial charge in [0.2, 0.25) is 0 Å². The quantitative estimate of drug-likeness (QED) is 0.0169. The lowest BCUT2D eigenvalue weighted by Crippen LogP contribution is -2.30. The summed E-state index contributed by atoms with van der Waals surface area (Å²) >= 11 is 0. The van der Waals surface area contributed by atoms with Gasteiger partial charge in [0.05, 0.1) is 26.4 Å². The first kappa shape index (κ1) is 96.4. The highest BCUT2D eigenvalue weighted by molar-refractivity contribution is 7.47. The molecule has 3 N–H and O–H groups in total. The molecule has 0 aromatic carbocycles. The number of unbranched alkanes of at least 4 members (excludes halogenated alkanes) is 16. The number of hydrogen-bond donors (Lipinski definition) is 3. The van der Waals surface area contributed by atoms with E-state index in [0.717, 1.165) is 173 Å². The third kappa shape index (κ3) is 72.8. The summed E-state index contributed by atoms with van der Waals surface area (Å²) in [7, 11) is -10.00. The summed E-state index contributed by atoms with van der Waals surface area (Å²) < 4.78 is 68.4. The summed E-state index contributed by atoms with van der Waals surface area (Å²) in [5, 5.41) is 10.6. The predicted molar refractivity (Wildman–Crippen MR) is 417 cm³/mol. The number of ether oxygens (including phenoxy) is 4. The maximum Gasteiger partial charge on any atom is 0.472 e. The molecule has 0 aliphatic heterocycles. The first-order chi connectivity index (χ1) is 49.7. The van der Waals surface area contributed by atoms with Crippen molar-refractivity contribution >= 4 is 39.5 Å². The third-order valence-corrected chi connectivity index (χ3v) is 17.1. The lowest BCUT2D eigenvalue weighted by Gasteiger charge is -2.21. The number of rotatable bonds is 70. The predicted octanol–water partition coefficient (Wildman–Crippen LogP) is 22.2. The van der Waals surface area contributed by atoms with Crippen molar-refractivity contribution in [3.05, 3.63) is 170 Å². The molecule has 0 bridgehead atoms. The average Bonchev–Trinajstić information content (AvgIpc) is 0.994. The van der Waals surface area contributed by atoms with E-state index in [1.807, 2.05) is 12.2 Å². The minimum Gasteiger partial charge on any atom is -0.462 e. The van der Waals surface area contributed by atoms with Crippen LogP contribution in [0.25, 0.3) is 0 Å². The molecule has 0 fully saturated rings. The van der Waals surface area contributed by atoms with Crippen molar-refractivity contribution in [3.63, 3.8) is 0 Å². The molecule has 0 saturated carbocycles. The minimum atomic E-state index is -5.00. The number of carbonyl (C=O) groups is 4. The van der Waals surface area contributed by atoms with Crippen LogP contribution in [-0.2, 0) is 65.4 Å². The van der Waals surface area contributed by atoms with Crippen molar-refractivity contribution in [3.8, 4) is 0 Å². The van der Waals surface area contributed by atoms with Gasteiger partial charge in [-0.2, -0.15) is 0 Å². The van der Waals surface area contributed by atoms with Crippen molar-refractivity contribution in [2.24, 2.45) is 0 Å². The van der Waals surface area contributed by atoms with Gasteiger partial charge in [0.25, 0.3) is 0 Å². The van der Waals surface area contributed by atoms with E-state index in [-0.39, 0.29) is 25.7 Å². The Labute approximate surface area is 616 Å². The summed E-state index contributed by atoms with van der Waals surface area (Å²) in [5.41, 5.74) is 0. The largest absolute Gasteiger partial charge is 0.472 e. The molecule has 0 aliphatic rings. The Kier molecular flexibility index (Phi) is 69.7. The van der Waals surface area contributed by atoms with Crippen LogP contribution in [0.3, 0.4) is 0 Å². The Hall–Kier alpha value is -5.58. The molecule has 578 valence electrons. The van der Waals surface area contributed by atoms with Crippen molar-refractivity contribution in [1.82, 2.24) is 0 Å². The van der Waals surface area contributed by atoms with E-state index in [0.29, 0.717) is 32.1 Å². The highest BCUT2D eigenvalue weighted by atomic mass is 31.2. The summed E-state index contributed by atoms with van der Waals surface area (Å²) in [6.07, 6.45) is 86.4. The number of phosphoric ester groups is 2. The van der Waals surface area contributed by atoms with Crippen molar-refractivity contribution in [2.75, 3.05) is 39.6 Å². The van der Waals surface area contributed by atoms with Crippen molar-refractivity contribution in [1.29, 1.82) is 0 Å². The SMILES string of the molecule is CC/C=C\C/C=C\C/C=C\C/C=C\C/C=C\CCCC(=O)OCC(COP(=O)(O)OCC(O)COP(=O)(O)OCC(COC(=O)CCCCCC/C=C\C/C=C\C/C=C\C/C=C\CC)OC(=O)CCCCCCC/C=C\CCCC)OC(=O)CCCCCC/C=C\C/C=C\C/C=C\C/C=C\CC. The van der Waals surface area contributed by atoms with Gasteiger partial charge in [-0.05, 0) is 161 Å². The third-order valence-electron chi connectivity index (χ3n) is 15.2. The van der Waals surface area contributed by atoms with E-state index < -0.39 is 97.5 Å². The Morgan fingerprint density at radius 1 is 0.284 bits per heavy atom. The Bertz CT molecular complexity index is 2600. The van der Waals surface area contributed by atoms with Gasteiger partial charge in [0, 0.05) is 25.7 Å². The molecule has 0 rings (SSSR count). The molecule has 0 amide bonds. The van der Waals surface area contributed by atoms with E-state index in [2.05, 4.69) is 186 Å². The molecule has 0 radical (unpaired) electrons. The smallest absolute Gasteiger partial charge is 0.462 e. The van der Waals surface area contributed by atoms with Crippen LogP contribution in [0.1, 0.15) is 272 Å². The summed E-state index contributed by atoms with van der Waals surface area (Å²) in [5.74, 6) is -2.32. The fourth-order valence-electron chi connectivity index (χ4n) is 9.39. The van der Waals surface area contributed by atoms with Gasteiger partial charge in [-0.15, -0.1) is 0 Å². The molecule has 102 heavy (non-hydrogen) atoms. The standard InChI is InChI=1S/C83H134O17P2/c1-5-9-13-17-21-25-29-32-35-38-41-44-48-51-55-59-63-67-80(85)93-73-78(99-82(87)69-65-61-57-53-47-28-24-20-16-12-8-4)75-97-101(89,90)95-71-77(84)72-96-102(91,92)98-76-79(100-83(88)70-66-62-58-54-50-46-43-40-37-34-31-27-23-19-15-11-7-3)74-94-81(86)68-64-60-56-52-49-45-42-39-36-33-30-26-22-18-14-10-6-2/h9-11,13-15,20-27,32-37,41-46,52,56,77-79,84H,5-8,12,16-19,28-31,38-40,47-51,53-55,57-76H2,1-4H3,(H,89,90)(H,91,92)/b13-9-,14-10-,15-11-,24-20-,25-21-,26-22-,27-23-,35-32-,36-33-,37-34-,44-41-,45-42-,46-43-,56-52-. The summed E-state index contributed by atoms with van der Waals surface area (Å²) in [6.45, 7) is 4.33. The average molecular weight is 1470 g/mol. The molecule has 0 aromatic rings. The van der Waals surface area contributed by atoms with Crippen LogP contribution in [-0.4, -0.2) is 96.7 Å². The molecule has 5 atom stereocenters. The van der Waals surface area contributed by atoms with Gasteiger partial charge in [-0.3, -0.25) is 37.3 Å². The number of carbonyl (C=O) groups excluding carboxylic acids is 4. The van der Waals surface area contributed by atoms with Crippen LogP contribution in [0.2, 0.25) is 0 Å². The lowest BCUT2D eigenvalue weighted by molar-refractivity contribution is -0.161. The zero-order valence-corrected chi connectivity index (χ0v) is 64.8. The van der Waals surface area contributed by atoms with Gasteiger partial charge in [0.15, 0.2) is 12.2 Å². The second-order valence-corrected chi connectivity index (χ2v) is 27.7. The number of hydrogen-bond acceptors (Lipinski definition) is 15. The molecule has 0 heterocycles. The minimum absolute atomic E-state index is 0.0478. The Morgan fingerprint density at radius 2 is 0.520 bits per heavy atom. The molecular formula is C83H134O17P2. The summed E-state index contributed by atoms with van der Waals surface area (Å²) in [4.78, 5) is 72.9. The van der Waals surface area contributed by atoms with Crippen molar-refractivity contribution in [2.45, 2.75) is 290 Å². The number of allylic oxidation sites excluding steroid dienone is 28. The van der Waals surface area contributed by atoms with Crippen LogP contribution >= 0.6 is 15.6 Å². The fraction of sp³-hybridized carbons (Fsp3) is 0.614. The second-order valence-electron chi connectivity index (χ2n) is 24.8. The molecule has 0 aliphatic carbocycles. The maximum absolute atomic E-state index is 13.1. The van der Waals surface area contributed by atoms with Crippen LogP contribution in [0, 0.1) is 0 Å². The molecule has 5 unspecified atom stereocenters. The fourth-order valence-corrected chi connectivity index (χ4v) is 11.0. The van der Waals surface area contributed by atoms with Gasteiger partial charge < -0.3 is 33.8 Å². The molecular weight excluding hydrogens is 1330 g/mol. The van der Waals surface area contributed by atoms with Crippen LogP contribution < -0.4 is 0 Å². The molecule has 17 nitrogen and oxygen atoms in total. The van der Waals surface area contributed by atoms with E-state index in [9.17, 15) is 43.2 Å². The van der Waals surface area contributed by atoms with Crippen molar-refractivity contribution < 1.29 is 80.2 Å².